The fraction of sp³-hybridized carbons (Fsp3) is 0.458. The summed E-state index contributed by atoms with van der Waals surface area (Å²) in [5.41, 5.74) is 2.26. The normalized spacial score (nSPS) is 21.2. The smallest absolute Gasteiger partial charge is 0.404 e. The molecule has 6 nitrogen and oxygen atoms in total. The first-order chi connectivity index (χ1) is 15.3. The standard InChI is InChI=1S/C24H28F2N2O4/c25-18-9-15(10-19(26)13-18)11-20(28-23(30)31)21(29)14-27-24(6-7-24)17-4-1-3-16(12-17)22-5-2-8-32-22/h1,3-4,9-10,12-13,20-22,27-29H,2,5-8,11,14H2,(H,30,31). The van der Waals surface area contributed by atoms with Gasteiger partial charge in [-0.15, -0.1) is 0 Å². The van der Waals surface area contributed by atoms with Crippen molar-refractivity contribution in [2.24, 2.45) is 0 Å². The maximum Gasteiger partial charge on any atom is 0.404 e. The predicted molar refractivity (Wildman–Crippen MR) is 114 cm³/mol. The number of amides is 1. The van der Waals surface area contributed by atoms with Crippen LogP contribution in [0.3, 0.4) is 0 Å². The molecule has 0 bridgehead atoms. The van der Waals surface area contributed by atoms with Crippen LogP contribution in [0.15, 0.2) is 42.5 Å². The average molecular weight is 446 g/mol. The Labute approximate surface area is 185 Å². The topological polar surface area (TPSA) is 90.8 Å². The lowest BCUT2D eigenvalue weighted by atomic mass is 9.97. The van der Waals surface area contributed by atoms with Gasteiger partial charge in [-0.25, -0.2) is 13.6 Å². The van der Waals surface area contributed by atoms with Crippen LogP contribution in [-0.4, -0.2) is 41.6 Å². The predicted octanol–water partition coefficient (Wildman–Crippen LogP) is 3.63. The maximum absolute atomic E-state index is 13.5. The van der Waals surface area contributed by atoms with Gasteiger partial charge in [-0.3, -0.25) is 0 Å². The number of benzene rings is 2. The Morgan fingerprint density at radius 2 is 1.94 bits per heavy atom. The van der Waals surface area contributed by atoms with Gasteiger partial charge in [0.15, 0.2) is 0 Å². The Kier molecular flexibility index (Phi) is 6.74. The minimum absolute atomic E-state index is 0.0364. The molecule has 172 valence electrons. The number of carboxylic acid groups (broad SMARTS) is 1. The highest BCUT2D eigenvalue weighted by Gasteiger charge is 2.44. The lowest BCUT2D eigenvalue weighted by Crippen LogP contribution is -2.49. The second-order valence-corrected chi connectivity index (χ2v) is 8.70. The van der Waals surface area contributed by atoms with E-state index >= 15 is 0 Å². The summed E-state index contributed by atoms with van der Waals surface area (Å²) in [5, 5.41) is 25.6. The summed E-state index contributed by atoms with van der Waals surface area (Å²) in [6.45, 7) is 0.907. The SMILES string of the molecule is O=C(O)NC(Cc1cc(F)cc(F)c1)C(O)CNC1(c2cccc(C3CCCO3)c2)CC1. The summed E-state index contributed by atoms with van der Waals surface area (Å²) in [5.74, 6) is -1.49. The summed E-state index contributed by atoms with van der Waals surface area (Å²) in [6.07, 6.45) is 1.55. The van der Waals surface area contributed by atoms with Crippen molar-refractivity contribution in [2.45, 2.75) is 55.9 Å². The second-order valence-electron chi connectivity index (χ2n) is 8.70. The zero-order valence-corrected chi connectivity index (χ0v) is 17.7. The fourth-order valence-corrected chi connectivity index (χ4v) is 4.44. The van der Waals surface area contributed by atoms with Gasteiger partial charge in [0.2, 0.25) is 0 Å². The molecule has 0 spiro atoms. The summed E-state index contributed by atoms with van der Waals surface area (Å²) in [7, 11) is 0. The van der Waals surface area contributed by atoms with Gasteiger partial charge in [0, 0.05) is 24.8 Å². The highest BCUT2D eigenvalue weighted by molar-refractivity contribution is 5.65. The van der Waals surface area contributed by atoms with E-state index in [0.29, 0.717) is 0 Å². The second kappa shape index (κ2) is 9.52. The summed E-state index contributed by atoms with van der Waals surface area (Å²) >= 11 is 0. The lowest BCUT2D eigenvalue weighted by Gasteiger charge is -2.27. The molecule has 2 aromatic rings. The van der Waals surface area contributed by atoms with Crippen molar-refractivity contribution in [3.05, 3.63) is 70.8 Å². The third-order valence-electron chi connectivity index (χ3n) is 6.29. The van der Waals surface area contributed by atoms with Gasteiger partial charge < -0.3 is 25.6 Å². The van der Waals surface area contributed by atoms with Crippen LogP contribution in [0, 0.1) is 11.6 Å². The molecule has 2 aliphatic rings. The zero-order valence-electron chi connectivity index (χ0n) is 17.7. The van der Waals surface area contributed by atoms with Crippen LogP contribution in [-0.2, 0) is 16.7 Å². The van der Waals surface area contributed by atoms with Crippen molar-refractivity contribution in [1.29, 1.82) is 0 Å². The Balaban J connectivity index is 1.42. The molecule has 2 fully saturated rings. The first-order valence-corrected chi connectivity index (χ1v) is 10.9. The van der Waals surface area contributed by atoms with Crippen LogP contribution >= 0.6 is 0 Å². The van der Waals surface area contributed by atoms with E-state index in [4.69, 9.17) is 4.74 Å². The molecule has 3 atom stereocenters. The average Bonchev–Trinajstić information content (AvgIpc) is 3.33. The van der Waals surface area contributed by atoms with Gasteiger partial charge in [0.25, 0.3) is 0 Å². The van der Waals surface area contributed by atoms with E-state index in [-0.39, 0.29) is 30.2 Å². The van der Waals surface area contributed by atoms with Gasteiger partial charge in [-0.1, -0.05) is 24.3 Å². The largest absolute Gasteiger partial charge is 0.465 e. The van der Waals surface area contributed by atoms with Crippen molar-refractivity contribution >= 4 is 6.09 Å². The van der Waals surface area contributed by atoms with E-state index in [2.05, 4.69) is 22.8 Å². The van der Waals surface area contributed by atoms with Crippen molar-refractivity contribution in [1.82, 2.24) is 10.6 Å². The minimum Gasteiger partial charge on any atom is -0.465 e. The van der Waals surface area contributed by atoms with Crippen LogP contribution < -0.4 is 10.6 Å². The monoisotopic (exact) mass is 446 g/mol. The third kappa shape index (κ3) is 5.43. The van der Waals surface area contributed by atoms with Gasteiger partial charge in [0.1, 0.15) is 11.6 Å². The molecule has 32 heavy (non-hydrogen) atoms. The molecule has 1 amide bonds. The number of rotatable bonds is 9. The maximum atomic E-state index is 13.5. The first-order valence-electron chi connectivity index (χ1n) is 10.9. The van der Waals surface area contributed by atoms with Gasteiger partial charge in [0.05, 0.1) is 18.2 Å². The number of carbonyl (C=O) groups is 1. The minimum atomic E-state index is -1.31. The molecule has 1 heterocycles. The van der Waals surface area contributed by atoms with Crippen molar-refractivity contribution in [3.63, 3.8) is 0 Å². The van der Waals surface area contributed by atoms with Gasteiger partial charge in [-0.05, 0) is 60.9 Å². The van der Waals surface area contributed by atoms with E-state index in [1.165, 1.54) is 0 Å². The summed E-state index contributed by atoms with van der Waals surface area (Å²) in [4.78, 5) is 11.2. The molecule has 1 saturated carbocycles. The molecular formula is C24H28F2N2O4. The van der Waals surface area contributed by atoms with E-state index in [0.717, 1.165) is 61.6 Å². The first kappa shape index (κ1) is 22.6. The van der Waals surface area contributed by atoms with Crippen LogP contribution in [0.2, 0.25) is 0 Å². The number of ether oxygens (including phenoxy) is 1. The zero-order chi connectivity index (χ0) is 22.7. The lowest BCUT2D eigenvalue weighted by molar-refractivity contribution is 0.111. The van der Waals surface area contributed by atoms with Crippen LogP contribution in [0.1, 0.15) is 48.5 Å². The molecule has 1 aliphatic heterocycles. The van der Waals surface area contributed by atoms with Crippen molar-refractivity contribution in [3.8, 4) is 0 Å². The van der Waals surface area contributed by atoms with E-state index in [9.17, 15) is 23.8 Å². The molecular weight excluding hydrogens is 418 g/mol. The van der Waals surface area contributed by atoms with Gasteiger partial charge in [-0.2, -0.15) is 0 Å². The Bertz CT molecular complexity index is 941. The molecule has 0 aromatic heterocycles. The number of halogens is 2. The molecule has 2 aromatic carbocycles. The van der Waals surface area contributed by atoms with Crippen molar-refractivity contribution in [2.75, 3.05) is 13.2 Å². The van der Waals surface area contributed by atoms with E-state index < -0.39 is 29.9 Å². The number of hydrogen-bond donors (Lipinski definition) is 4. The molecule has 4 N–H and O–H groups in total. The Morgan fingerprint density at radius 1 is 1.19 bits per heavy atom. The Morgan fingerprint density at radius 3 is 2.56 bits per heavy atom. The quantitative estimate of drug-likeness (QED) is 0.472. The van der Waals surface area contributed by atoms with Crippen LogP contribution in [0.25, 0.3) is 0 Å². The van der Waals surface area contributed by atoms with Gasteiger partial charge >= 0.3 is 6.09 Å². The number of nitrogens with one attached hydrogen (secondary N) is 2. The summed E-state index contributed by atoms with van der Waals surface area (Å²) in [6, 6.07) is 10.4. The van der Waals surface area contributed by atoms with E-state index in [1.807, 2.05) is 12.1 Å². The summed E-state index contributed by atoms with van der Waals surface area (Å²) < 4.78 is 32.8. The molecule has 3 unspecified atom stereocenters. The highest BCUT2D eigenvalue weighted by atomic mass is 19.1. The molecule has 1 aliphatic carbocycles. The molecule has 8 heteroatoms. The van der Waals surface area contributed by atoms with Crippen LogP contribution in [0.4, 0.5) is 13.6 Å². The molecule has 1 saturated heterocycles. The third-order valence-corrected chi connectivity index (χ3v) is 6.29. The number of hydrogen-bond acceptors (Lipinski definition) is 4. The fourth-order valence-electron chi connectivity index (χ4n) is 4.44. The van der Waals surface area contributed by atoms with E-state index in [1.54, 1.807) is 0 Å². The molecule has 0 radical (unpaired) electrons. The highest BCUT2D eigenvalue weighted by Crippen LogP contribution is 2.46. The van der Waals surface area contributed by atoms with Crippen LogP contribution in [0.5, 0.6) is 0 Å². The Hall–Kier alpha value is -2.55. The number of aliphatic hydroxyl groups excluding tert-OH is 1. The van der Waals surface area contributed by atoms with Crippen molar-refractivity contribution < 1.29 is 28.5 Å². The molecule has 4 rings (SSSR count). The number of aliphatic hydroxyl groups is 1.